The average Bonchev–Trinajstić information content (AvgIpc) is 2.63. The molecule has 0 unspecified atom stereocenters. The molecule has 0 aromatic carbocycles. The van der Waals surface area contributed by atoms with Gasteiger partial charge in [0.15, 0.2) is 0 Å². The lowest BCUT2D eigenvalue weighted by atomic mass is 10.1. The zero-order chi connectivity index (χ0) is 12.0. The molecule has 4 nitrogen and oxygen atoms in total. The zero-order valence-electron chi connectivity index (χ0n) is 9.28. The fourth-order valence-corrected chi connectivity index (χ4v) is 2.29. The van der Waals surface area contributed by atoms with Crippen LogP contribution in [-0.4, -0.2) is 18.7 Å². The standard InChI is InChI=1S/C11H13NO3S/c1-3-5-8-6-16-10(12-7-13)9(8)11(14)15-4-2/h6H,3-5H2,1-2H3. The summed E-state index contributed by atoms with van der Waals surface area (Å²) in [4.78, 5) is 25.5. The summed E-state index contributed by atoms with van der Waals surface area (Å²) in [6.07, 6.45) is 3.16. The van der Waals surface area contributed by atoms with Crippen molar-refractivity contribution in [3.05, 3.63) is 16.5 Å². The summed E-state index contributed by atoms with van der Waals surface area (Å²) >= 11 is 1.26. The van der Waals surface area contributed by atoms with E-state index in [0.29, 0.717) is 17.2 Å². The molecule has 0 aliphatic carbocycles. The van der Waals surface area contributed by atoms with Gasteiger partial charge in [-0.3, -0.25) is 0 Å². The van der Waals surface area contributed by atoms with Crippen LogP contribution >= 0.6 is 11.3 Å². The molecule has 0 atom stereocenters. The van der Waals surface area contributed by atoms with Crippen molar-refractivity contribution in [2.45, 2.75) is 26.7 Å². The lowest BCUT2D eigenvalue weighted by molar-refractivity contribution is 0.0527. The maximum absolute atomic E-state index is 11.7. The third-order valence-corrected chi connectivity index (χ3v) is 2.91. The monoisotopic (exact) mass is 239 g/mol. The van der Waals surface area contributed by atoms with Gasteiger partial charge in [0, 0.05) is 0 Å². The van der Waals surface area contributed by atoms with E-state index < -0.39 is 5.97 Å². The summed E-state index contributed by atoms with van der Waals surface area (Å²) in [6.45, 7) is 4.08. The third-order valence-electron chi connectivity index (χ3n) is 1.99. The molecule has 1 heterocycles. The number of carbonyl (C=O) groups is 1. The normalized spacial score (nSPS) is 9.62. The van der Waals surface area contributed by atoms with Crippen molar-refractivity contribution < 1.29 is 14.3 Å². The average molecular weight is 239 g/mol. The van der Waals surface area contributed by atoms with Gasteiger partial charge in [0.25, 0.3) is 0 Å². The molecule has 0 bridgehead atoms. The van der Waals surface area contributed by atoms with Crippen LogP contribution in [0.3, 0.4) is 0 Å². The van der Waals surface area contributed by atoms with Crippen LogP contribution in [0.15, 0.2) is 10.4 Å². The van der Waals surface area contributed by atoms with Gasteiger partial charge in [0.1, 0.15) is 10.6 Å². The van der Waals surface area contributed by atoms with Gasteiger partial charge < -0.3 is 4.74 Å². The van der Waals surface area contributed by atoms with Crippen LogP contribution in [0.5, 0.6) is 0 Å². The first-order valence-electron chi connectivity index (χ1n) is 5.09. The van der Waals surface area contributed by atoms with Crippen molar-refractivity contribution in [3.8, 4) is 0 Å². The van der Waals surface area contributed by atoms with Crippen molar-refractivity contribution in [1.29, 1.82) is 0 Å². The highest BCUT2D eigenvalue weighted by Crippen LogP contribution is 2.32. The van der Waals surface area contributed by atoms with Crippen LogP contribution in [0.2, 0.25) is 0 Å². The number of ether oxygens (including phenoxy) is 1. The second kappa shape index (κ2) is 6.20. The van der Waals surface area contributed by atoms with Gasteiger partial charge in [0.05, 0.1) is 6.61 Å². The van der Waals surface area contributed by atoms with E-state index >= 15 is 0 Å². The van der Waals surface area contributed by atoms with Gasteiger partial charge >= 0.3 is 5.97 Å². The molecule has 86 valence electrons. The van der Waals surface area contributed by atoms with Crippen LogP contribution in [0.4, 0.5) is 5.00 Å². The van der Waals surface area contributed by atoms with E-state index in [0.717, 1.165) is 18.4 Å². The van der Waals surface area contributed by atoms with Crippen molar-refractivity contribution >= 4 is 28.4 Å². The molecule has 1 rings (SSSR count). The van der Waals surface area contributed by atoms with Crippen molar-refractivity contribution in [2.75, 3.05) is 6.61 Å². The maximum atomic E-state index is 11.7. The van der Waals surface area contributed by atoms with Gasteiger partial charge in [-0.25, -0.2) is 9.59 Å². The zero-order valence-corrected chi connectivity index (χ0v) is 10.1. The Bertz CT molecular complexity index is 419. The third kappa shape index (κ3) is 2.78. The number of carbonyl (C=O) groups excluding carboxylic acids is 2. The van der Waals surface area contributed by atoms with Gasteiger partial charge in [-0.05, 0) is 24.3 Å². The lowest BCUT2D eigenvalue weighted by Gasteiger charge is -2.03. The molecule has 0 spiro atoms. The SMILES string of the molecule is CCCc1csc(N=C=O)c1C(=O)OCC. The number of esters is 1. The first kappa shape index (κ1) is 12.6. The van der Waals surface area contributed by atoms with Crippen LogP contribution in [0.25, 0.3) is 0 Å². The van der Waals surface area contributed by atoms with Crippen molar-refractivity contribution in [2.24, 2.45) is 4.99 Å². The van der Waals surface area contributed by atoms with Gasteiger partial charge in [-0.15, -0.1) is 11.3 Å². The van der Waals surface area contributed by atoms with E-state index in [2.05, 4.69) is 4.99 Å². The highest BCUT2D eigenvalue weighted by Gasteiger charge is 2.19. The predicted octanol–water partition coefficient (Wildman–Crippen LogP) is 2.84. The van der Waals surface area contributed by atoms with Gasteiger partial charge in [0.2, 0.25) is 6.08 Å². The van der Waals surface area contributed by atoms with Crippen molar-refractivity contribution in [3.63, 3.8) is 0 Å². The van der Waals surface area contributed by atoms with E-state index in [-0.39, 0.29) is 0 Å². The molecule has 0 aliphatic rings. The quantitative estimate of drug-likeness (QED) is 0.451. The Morgan fingerprint density at radius 1 is 1.56 bits per heavy atom. The molecule has 0 amide bonds. The molecule has 0 aliphatic heterocycles. The van der Waals surface area contributed by atoms with Gasteiger partial charge in [-0.2, -0.15) is 4.99 Å². The highest BCUT2D eigenvalue weighted by atomic mass is 32.1. The summed E-state index contributed by atoms with van der Waals surface area (Å²) in [5, 5.41) is 2.23. The number of thiophene rings is 1. The Balaban J connectivity index is 3.12. The van der Waals surface area contributed by atoms with Crippen LogP contribution < -0.4 is 0 Å². The molecule has 16 heavy (non-hydrogen) atoms. The number of rotatable bonds is 5. The number of hydrogen-bond acceptors (Lipinski definition) is 5. The molecule has 1 aromatic rings. The Morgan fingerprint density at radius 3 is 2.88 bits per heavy atom. The van der Waals surface area contributed by atoms with Crippen LogP contribution in [0.1, 0.15) is 36.2 Å². The molecule has 0 saturated carbocycles. The van der Waals surface area contributed by atoms with E-state index in [9.17, 15) is 9.59 Å². The number of aryl methyl sites for hydroxylation is 1. The first-order chi connectivity index (χ1) is 7.74. The molecular weight excluding hydrogens is 226 g/mol. The van der Waals surface area contributed by atoms with Crippen LogP contribution in [-0.2, 0) is 16.0 Å². The van der Waals surface area contributed by atoms with Gasteiger partial charge in [-0.1, -0.05) is 13.3 Å². The maximum Gasteiger partial charge on any atom is 0.341 e. The van der Waals surface area contributed by atoms with E-state index in [1.165, 1.54) is 17.4 Å². The summed E-state index contributed by atoms with van der Waals surface area (Å²) in [7, 11) is 0. The largest absolute Gasteiger partial charge is 0.462 e. The number of hydrogen-bond donors (Lipinski definition) is 0. The predicted molar refractivity (Wildman–Crippen MR) is 62.1 cm³/mol. The molecule has 0 N–H and O–H groups in total. The Labute approximate surface area is 98.0 Å². The number of isocyanates is 1. The summed E-state index contributed by atoms with van der Waals surface area (Å²) in [5.74, 6) is -0.416. The fraction of sp³-hybridized carbons (Fsp3) is 0.455. The lowest BCUT2D eigenvalue weighted by Crippen LogP contribution is -2.06. The summed E-state index contributed by atoms with van der Waals surface area (Å²) < 4.78 is 4.94. The highest BCUT2D eigenvalue weighted by molar-refractivity contribution is 7.14. The molecular formula is C11H13NO3S. The molecule has 1 aromatic heterocycles. The number of nitrogens with zero attached hydrogens (tertiary/aromatic N) is 1. The number of aliphatic imine (C=N–C) groups is 1. The minimum Gasteiger partial charge on any atom is -0.462 e. The molecule has 5 heteroatoms. The van der Waals surface area contributed by atoms with Crippen molar-refractivity contribution in [1.82, 2.24) is 0 Å². The fourth-order valence-electron chi connectivity index (χ4n) is 1.38. The smallest absolute Gasteiger partial charge is 0.341 e. The minimum absolute atomic E-state index is 0.310. The molecule has 0 radical (unpaired) electrons. The molecule has 0 saturated heterocycles. The van der Waals surface area contributed by atoms with E-state index in [1.54, 1.807) is 6.92 Å². The Morgan fingerprint density at radius 2 is 2.31 bits per heavy atom. The second-order valence-electron chi connectivity index (χ2n) is 3.11. The van der Waals surface area contributed by atoms with E-state index in [1.807, 2.05) is 12.3 Å². The summed E-state index contributed by atoms with van der Waals surface area (Å²) in [6, 6.07) is 0. The first-order valence-corrected chi connectivity index (χ1v) is 5.97. The topological polar surface area (TPSA) is 55.7 Å². The summed E-state index contributed by atoms with van der Waals surface area (Å²) in [5.41, 5.74) is 1.30. The second-order valence-corrected chi connectivity index (χ2v) is 3.97. The van der Waals surface area contributed by atoms with E-state index in [4.69, 9.17) is 4.74 Å². The minimum atomic E-state index is -0.416. The Hall–Kier alpha value is -1.45. The Kier molecular flexibility index (Phi) is 4.89. The molecule has 0 fully saturated rings. The van der Waals surface area contributed by atoms with Crippen LogP contribution in [0, 0.1) is 0 Å².